The molecule has 0 saturated carbocycles. The Bertz CT molecular complexity index is 816. The van der Waals surface area contributed by atoms with Gasteiger partial charge < -0.3 is 16.4 Å². The lowest BCUT2D eigenvalue weighted by Crippen LogP contribution is -2.59. The van der Waals surface area contributed by atoms with E-state index < -0.39 is 28.5 Å². The van der Waals surface area contributed by atoms with E-state index in [0.29, 0.717) is 38.1 Å². The molecule has 0 aliphatic carbocycles. The molecular weight excluding hydrogens is 431 g/mol. The molecule has 11 heteroatoms. The number of carbonyl (C=O) groups is 2. The number of nitro groups is 1. The summed E-state index contributed by atoms with van der Waals surface area (Å²) in [5.74, 6) is -1.52. The number of aryl methyl sites for hydroxylation is 1. The number of guanidine groups is 1. The molecule has 0 fully saturated rings. The van der Waals surface area contributed by atoms with Crippen molar-refractivity contribution in [1.82, 2.24) is 16.1 Å². The Hall–Kier alpha value is -3.24. The van der Waals surface area contributed by atoms with Crippen molar-refractivity contribution in [3.8, 4) is 0 Å². The zero-order valence-electron chi connectivity index (χ0n) is 19.5. The number of halogens is 1. The Morgan fingerprint density at radius 1 is 1.24 bits per heavy atom. The Kier molecular flexibility index (Phi) is 11.8. The van der Waals surface area contributed by atoms with Crippen molar-refractivity contribution in [3.05, 3.63) is 45.8 Å². The Balaban J connectivity index is 2.86. The zero-order chi connectivity index (χ0) is 24.9. The number of nitrogens with two attached hydrogens (primary N) is 1. The topological polar surface area (TPSA) is 152 Å². The number of hydrazine groups is 1. The van der Waals surface area contributed by atoms with E-state index in [1.165, 1.54) is 12.1 Å². The van der Waals surface area contributed by atoms with E-state index in [4.69, 9.17) is 5.73 Å². The highest BCUT2D eigenvalue weighted by Gasteiger charge is 2.39. The van der Waals surface area contributed by atoms with Crippen LogP contribution < -0.4 is 21.8 Å². The van der Waals surface area contributed by atoms with E-state index in [1.54, 1.807) is 24.5 Å². The highest BCUT2D eigenvalue weighted by molar-refractivity contribution is 5.93. The molecule has 0 aliphatic rings. The van der Waals surface area contributed by atoms with Gasteiger partial charge in [0.2, 0.25) is 11.6 Å². The van der Waals surface area contributed by atoms with E-state index in [2.05, 4.69) is 15.6 Å². The summed E-state index contributed by atoms with van der Waals surface area (Å²) in [6.07, 6.45) is 3.34. The van der Waals surface area contributed by atoms with Crippen LogP contribution in [0.5, 0.6) is 0 Å². The van der Waals surface area contributed by atoms with Crippen LogP contribution in [0, 0.1) is 21.8 Å². The van der Waals surface area contributed by atoms with Gasteiger partial charge in [0, 0.05) is 19.4 Å². The highest BCUT2D eigenvalue weighted by Crippen LogP contribution is 2.17. The fourth-order valence-electron chi connectivity index (χ4n) is 3.23. The fourth-order valence-corrected chi connectivity index (χ4v) is 3.23. The van der Waals surface area contributed by atoms with Crippen molar-refractivity contribution in [1.29, 1.82) is 0 Å². The Labute approximate surface area is 193 Å². The van der Waals surface area contributed by atoms with Gasteiger partial charge in [-0.2, -0.15) is 0 Å². The van der Waals surface area contributed by atoms with Gasteiger partial charge in [0.25, 0.3) is 11.9 Å². The molecule has 0 bridgehead atoms. The minimum Gasteiger partial charge on any atom is -0.365 e. The number of nitrogens with one attached hydrogen (secondary N) is 3. The normalized spacial score (nSPS) is 13.3. The highest BCUT2D eigenvalue weighted by atomic mass is 19.1. The van der Waals surface area contributed by atoms with Gasteiger partial charge >= 0.3 is 0 Å². The van der Waals surface area contributed by atoms with Crippen LogP contribution in [-0.4, -0.2) is 35.0 Å². The van der Waals surface area contributed by atoms with Gasteiger partial charge in [-0.15, -0.1) is 0 Å². The predicted octanol–water partition coefficient (Wildman–Crippen LogP) is 2.41. The average Bonchev–Trinajstić information content (AvgIpc) is 2.71. The standard InChI is InChI=1S/C22H35FN6O4/c1-4-14-22(27-21(24)28-29(32)33,20(31)25-15-13-16(2)3)26-19(30)8-6-5-7-17-9-11-18(23)12-10-17/h9-12,16H,4-8,13-15H2,1-3H3,(H,25,31)(H,26,30)(H3,24,27,28)/t22-/m1/s1. The lowest BCUT2D eigenvalue weighted by molar-refractivity contribution is -0.525. The lowest BCUT2D eigenvalue weighted by atomic mass is 10.0. The average molecular weight is 467 g/mol. The molecule has 10 nitrogen and oxygen atoms in total. The summed E-state index contributed by atoms with van der Waals surface area (Å²) >= 11 is 0. The number of hydrogen-bond acceptors (Lipinski definition) is 5. The zero-order valence-corrected chi connectivity index (χ0v) is 19.5. The van der Waals surface area contributed by atoms with Crippen LogP contribution in [-0.2, 0) is 16.0 Å². The summed E-state index contributed by atoms with van der Waals surface area (Å²) in [5, 5.41) is 15.2. The summed E-state index contributed by atoms with van der Waals surface area (Å²) in [6.45, 7) is 6.19. The van der Waals surface area contributed by atoms with Gasteiger partial charge in [-0.25, -0.2) is 19.5 Å². The summed E-state index contributed by atoms with van der Waals surface area (Å²) in [5.41, 5.74) is 6.55. The minimum atomic E-state index is -1.76. The van der Waals surface area contributed by atoms with Crippen LogP contribution in [0.25, 0.3) is 0 Å². The van der Waals surface area contributed by atoms with Gasteiger partial charge in [-0.3, -0.25) is 9.59 Å². The number of aliphatic imine (C=N–C) groups is 1. The van der Waals surface area contributed by atoms with Crippen molar-refractivity contribution in [2.45, 2.75) is 71.4 Å². The maximum atomic E-state index is 13.0. The first-order valence-corrected chi connectivity index (χ1v) is 11.2. The molecule has 5 N–H and O–H groups in total. The predicted molar refractivity (Wildman–Crippen MR) is 124 cm³/mol. The SMILES string of the molecule is CCC[C@](N=C(N)N[N+](=O)[O-])(NC(=O)CCCCc1ccc(F)cc1)C(=O)NCCC(C)C. The second kappa shape index (κ2) is 14.0. The summed E-state index contributed by atoms with van der Waals surface area (Å²) in [4.78, 5) is 40.4. The third-order valence-electron chi connectivity index (χ3n) is 4.89. The van der Waals surface area contributed by atoms with Crippen molar-refractivity contribution in [3.63, 3.8) is 0 Å². The monoisotopic (exact) mass is 466 g/mol. The molecule has 1 aromatic rings. The van der Waals surface area contributed by atoms with Crippen molar-refractivity contribution in [2.24, 2.45) is 16.6 Å². The maximum Gasteiger partial charge on any atom is 0.268 e. The molecule has 0 radical (unpaired) electrons. The molecule has 1 rings (SSSR count). The van der Waals surface area contributed by atoms with E-state index in [-0.39, 0.29) is 18.7 Å². The van der Waals surface area contributed by atoms with E-state index in [0.717, 1.165) is 12.0 Å². The number of nitrogens with zero attached hydrogens (tertiary/aromatic N) is 2. The second-order valence-corrected chi connectivity index (χ2v) is 8.30. The van der Waals surface area contributed by atoms with Crippen molar-refractivity contribution >= 4 is 17.8 Å². The largest absolute Gasteiger partial charge is 0.365 e. The number of rotatable bonds is 14. The first-order valence-electron chi connectivity index (χ1n) is 11.2. The molecule has 0 heterocycles. The molecule has 184 valence electrons. The van der Waals surface area contributed by atoms with Crippen LogP contribution in [0.4, 0.5) is 4.39 Å². The van der Waals surface area contributed by atoms with Gasteiger partial charge in [0.05, 0.1) is 0 Å². The molecule has 0 aliphatic heterocycles. The van der Waals surface area contributed by atoms with Crippen molar-refractivity contribution in [2.75, 3.05) is 6.54 Å². The molecule has 0 unspecified atom stereocenters. The molecule has 0 saturated heterocycles. The van der Waals surface area contributed by atoms with E-state index in [1.807, 2.05) is 13.8 Å². The summed E-state index contributed by atoms with van der Waals surface area (Å²) < 4.78 is 13.0. The fraction of sp³-hybridized carbons (Fsp3) is 0.591. The molecule has 1 atom stereocenters. The molecule has 1 aromatic carbocycles. The third-order valence-corrected chi connectivity index (χ3v) is 4.89. The number of unbranched alkanes of at least 4 members (excludes halogenated alkanes) is 1. The van der Waals surface area contributed by atoms with Gasteiger partial charge in [-0.1, -0.05) is 44.8 Å². The van der Waals surface area contributed by atoms with E-state index >= 15 is 0 Å². The smallest absolute Gasteiger partial charge is 0.268 e. The van der Waals surface area contributed by atoms with Gasteiger partial charge in [0.15, 0.2) is 5.03 Å². The number of hydrogen-bond donors (Lipinski definition) is 4. The van der Waals surface area contributed by atoms with Gasteiger partial charge in [0.1, 0.15) is 5.82 Å². The second-order valence-electron chi connectivity index (χ2n) is 8.30. The number of benzene rings is 1. The third kappa shape index (κ3) is 10.8. The number of amides is 2. The number of carbonyl (C=O) groups excluding carboxylic acids is 2. The Morgan fingerprint density at radius 3 is 2.48 bits per heavy atom. The quantitative estimate of drug-likeness (QED) is 0.109. The molecule has 33 heavy (non-hydrogen) atoms. The lowest BCUT2D eigenvalue weighted by Gasteiger charge is -2.30. The van der Waals surface area contributed by atoms with Crippen LogP contribution >= 0.6 is 0 Å². The van der Waals surface area contributed by atoms with Crippen LogP contribution in [0.2, 0.25) is 0 Å². The van der Waals surface area contributed by atoms with Gasteiger partial charge in [-0.05, 0) is 49.3 Å². The summed E-state index contributed by atoms with van der Waals surface area (Å²) in [6, 6.07) is 6.17. The summed E-state index contributed by atoms with van der Waals surface area (Å²) in [7, 11) is 0. The minimum absolute atomic E-state index is 0.113. The van der Waals surface area contributed by atoms with E-state index in [9.17, 15) is 24.1 Å². The molecule has 0 aromatic heterocycles. The van der Waals surface area contributed by atoms with Crippen LogP contribution in [0.3, 0.4) is 0 Å². The van der Waals surface area contributed by atoms with Crippen LogP contribution in [0.1, 0.15) is 64.9 Å². The first kappa shape index (κ1) is 27.8. The molecular formula is C22H35FN6O4. The van der Waals surface area contributed by atoms with Crippen LogP contribution in [0.15, 0.2) is 29.3 Å². The molecule has 0 spiro atoms. The Morgan fingerprint density at radius 2 is 1.91 bits per heavy atom. The van der Waals surface area contributed by atoms with Crippen molar-refractivity contribution < 1.29 is 19.0 Å². The first-order chi connectivity index (χ1) is 15.6. The molecule has 2 amide bonds. The maximum absolute atomic E-state index is 13.0.